The number of aromatic nitrogens is 8. The van der Waals surface area contributed by atoms with Crippen molar-refractivity contribution in [3.05, 3.63) is 73.5 Å². The SMILES string of the molecule is CC(C)n1cnc2c(NCc3ccc(-c4cccnc4)nc3)nc(-c3cncnc3)nc21. The first-order chi connectivity index (χ1) is 15.7. The van der Waals surface area contributed by atoms with Gasteiger partial charge in [0.05, 0.1) is 17.6 Å². The number of fused-ring (bicyclic) bond motifs is 1. The van der Waals surface area contributed by atoms with Crippen molar-refractivity contribution in [2.45, 2.75) is 26.4 Å². The van der Waals surface area contributed by atoms with Crippen molar-refractivity contribution in [2.24, 2.45) is 0 Å². The van der Waals surface area contributed by atoms with Crippen molar-refractivity contribution >= 4 is 17.0 Å². The van der Waals surface area contributed by atoms with Gasteiger partial charge in [-0.3, -0.25) is 9.97 Å². The molecule has 5 rings (SSSR count). The van der Waals surface area contributed by atoms with Gasteiger partial charge in [-0.15, -0.1) is 0 Å². The lowest BCUT2D eigenvalue weighted by atomic mass is 10.1. The molecular formula is C23H21N9. The van der Waals surface area contributed by atoms with E-state index in [4.69, 9.17) is 9.97 Å². The molecule has 0 saturated heterocycles. The van der Waals surface area contributed by atoms with Gasteiger partial charge in [-0.1, -0.05) is 6.07 Å². The van der Waals surface area contributed by atoms with Crippen LogP contribution in [0.3, 0.4) is 0 Å². The standard InChI is InChI=1S/C23H21N9/c1-15(2)32-14-29-20-22(30-21(31-23(20)32)18-11-25-13-26-12-18)28-9-16-5-6-19(27-8-16)17-4-3-7-24-10-17/h3-8,10-15H,9H2,1-2H3,(H,28,30,31). The maximum atomic E-state index is 4.74. The van der Waals surface area contributed by atoms with Gasteiger partial charge in [0.15, 0.2) is 17.3 Å². The minimum atomic E-state index is 0.215. The summed E-state index contributed by atoms with van der Waals surface area (Å²) in [6.45, 7) is 4.74. The Bertz CT molecular complexity index is 1330. The Morgan fingerprint density at radius 3 is 2.47 bits per heavy atom. The zero-order chi connectivity index (χ0) is 21.9. The van der Waals surface area contributed by atoms with Crippen molar-refractivity contribution < 1.29 is 0 Å². The fraction of sp³-hybridized carbons (Fsp3) is 0.174. The number of hydrogen-bond acceptors (Lipinski definition) is 8. The van der Waals surface area contributed by atoms with Crippen molar-refractivity contribution in [3.63, 3.8) is 0 Å². The third-order valence-corrected chi connectivity index (χ3v) is 5.04. The molecule has 0 aromatic carbocycles. The van der Waals surface area contributed by atoms with Crippen LogP contribution in [0.2, 0.25) is 0 Å². The Balaban J connectivity index is 1.46. The number of nitrogens with zero attached hydrogens (tertiary/aromatic N) is 8. The molecule has 9 nitrogen and oxygen atoms in total. The van der Waals surface area contributed by atoms with Crippen LogP contribution in [0.5, 0.6) is 0 Å². The average molecular weight is 423 g/mol. The number of rotatable bonds is 6. The van der Waals surface area contributed by atoms with Crippen molar-refractivity contribution in [1.82, 2.24) is 39.5 Å². The molecule has 32 heavy (non-hydrogen) atoms. The third-order valence-electron chi connectivity index (χ3n) is 5.04. The minimum Gasteiger partial charge on any atom is -0.364 e. The normalized spacial score (nSPS) is 11.2. The Morgan fingerprint density at radius 2 is 1.75 bits per heavy atom. The molecule has 0 amide bonds. The molecule has 0 aliphatic heterocycles. The quantitative estimate of drug-likeness (QED) is 0.438. The van der Waals surface area contributed by atoms with Crippen molar-refractivity contribution in [1.29, 1.82) is 0 Å². The fourth-order valence-electron chi connectivity index (χ4n) is 3.36. The highest BCUT2D eigenvalue weighted by Crippen LogP contribution is 2.26. The Hall–Kier alpha value is -4.27. The second-order valence-corrected chi connectivity index (χ2v) is 7.59. The highest BCUT2D eigenvalue weighted by atomic mass is 15.2. The van der Waals surface area contributed by atoms with E-state index >= 15 is 0 Å². The molecule has 5 aromatic heterocycles. The highest BCUT2D eigenvalue weighted by Gasteiger charge is 2.16. The molecule has 0 saturated carbocycles. The highest BCUT2D eigenvalue weighted by molar-refractivity contribution is 5.85. The van der Waals surface area contributed by atoms with E-state index in [0.717, 1.165) is 33.5 Å². The van der Waals surface area contributed by atoms with Gasteiger partial charge in [0, 0.05) is 49.1 Å². The van der Waals surface area contributed by atoms with Gasteiger partial charge >= 0.3 is 0 Å². The molecule has 0 fully saturated rings. The fourth-order valence-corrected chi connectivity index (χ4v) is 3.36. The molecule has 0 unspecified atom stereocenters. The predicted molar refractivity (Wildman–Crippen MR) is 122 cm³/mol. The summed E-state index contributed by atoms with van der Waals surface area (Å²) >= 11 is 0. The molecule has 1 N–H and O–H groups in total. The molecule has 0 aliphatic carbocycles. The van der Waals surface area contributed by atoms with Crippen molar-refractivity contribution in [2.75, 3.05) is 5.32 Å². The van der Waals surface area contributed by atoms with Gasteiger partial charge in [-0.05, 0) is 37.6 Å². The molecule has 9 heteroatoms. The molecular weight excluding hydrogens is 402 g/mol. The molecule has 0 spiro atoms. The van der Waals surface area contributed by atoms with Gasteiger partial charge in [0.1, 0.15) is 11.8 Å². The lowest BCUT2D eigenvalue weighted by molar-refractivity contribution is 0.613. The van der Waals surface area contributed by atoms with Crippen LogP contribution in [-0.4, -0.2) is 39.5 Å². The first kappa shape index (κ1) is 19.7. The average Bonchev–Trinajstić information content (AvgIpc) is 3.28. The van der Waals surface area contributed by atoms with Gasteiger partial charge in [0.25, 0.3) is 0 Å². The topological polar surface area (TPSA) is 107 Å². The van der Waals surface area contributed by atoms with Crippen LogP contribution in [0.4, 0.5) is 5.82 Å². The summed E-state index contributed by atoms with van der Waals surface area (Å²) in [5.74, 6) is 1.21. The third kappa shape index (κ3) is 3.87. The Kier molecular flexibility index (Phi) is 5.20. The van der Waals surface area contributed by atoms with E-state index in [1.165, 1.54) is 6.33 Å². The number of nitrogens with one attached hydrogen (secondary N) is 1. The molecule has 0 bridgehead atoms. The predicted octanol–water partition coefficient (Wildman–Crippen LogP) is 3.93. The minimum absolute atomic E-state index is 0.215. The summed E-state index contributed by atoms with van der Waals surface area (Å²) < 4.78 is 2.03. The molecule has 0 atom stereocenters. The summed E-state index contributed by atoms with van der Waals surface area (Å²) in [5.41, 5.74) is 5.13. The van der Waals surface area contributed by atoms with Crippen LogP contribution < -0.4 is 5.32 Å². The van der Waals surface area contributed by atoms with E-state index in [2.05, 4.69) is 44.1 Å². The molecule has 0 aliphatic rings. The van der Waals surface area contributed by atoms with E-state index in [0.29, 0.717) is 18.2 Å². The van der Waals surface area contributed by atoms with Crippen LogP contribution in [0.25, 0.3) is 33.8 Å². The summed E-state index contributed by atoms with van der Waals surface area (Å²) in [6.07, 6.45) is 12.1. The molecule has 5 heterocycles. The summed E-state index contributed by atoms with van der Waals surface area (Å²) in [5, 5.41) is 3.41. The Labute approximate surface area is 184 Å². The van der Waals surface area contributed by atoms with Crippen LogP contribution in [0.1, 0.15) is 25.5 Å². The van der Waals surface area contributed by atoms with Gasteiger partial charge in [-0.2, -0.15) is 0 Å². The van der Waals surface area contributed by atoms with E-state index in [1.807, 2.05) is 35.0 Å². The van der Waals surface area contributed by atoms with Gasteiger partial charge < -0.3 is 9.88 Å². The van der Waals surface area contributed by atoms with Gasteiger partial charge in [0.2, 0.25) is 0 Å². The Morgan fingerprint density at radius 1 is 0.906 bits per heavy atom. The largest absolute Gasteiger partial charge is 0.364 e. The zero-order valence-corrected chi connectivity index (χ0v) is 17.7. The first-order valence-corrected chi connectivity index (χ1v) is 10.3. The second kappa shape index (κ2) is 8.46. The van der Waals surface area contributed by atoms with E-state index in [-0.39, 0.29) is 6.04 Å². The van der Waals surface area contributed by atoms with Gasteiger partial charge in [-0.25, -0.2) is 24.9 Å². The smallest absolute Gasteiger partial charge is 0.167 e. The van der Waals surface area contributed by atoms with Crippen LogP contribution >= 0.6 is 0 Å². The summed E-state index contributed by atoms with van der Waals surface area (Å²) in [6, 6.07) is 8.14. The molecule has 0 radical (unpaired) electrons. The molecule has 158 valence electrons. The second-order valence-electron chi connectivity index (χ2n) is 7.59. The van der Waals surface area contributed by atoms with Crippen molar-refractivity contribution in [3.8, 4) is 22.6 Å². The molecule has 5 aromatic rings. The first-order valence-electron chi connectivity index (χ1n) is 10.3. The van der Waals surface area contributed by atoms with Crippen LogP contribution in [-0.2, 0) is 6.54 Å². The number of pyridine rings is 2. The summed E-state index contributed by atoms with van der Waals surface area (Å²) in [7, 11) is 0. The zero-order valence-electron chi connectivity index (χ0n) is 17.7. The number of imidazole rings is 1. The van der Waals surface area contributed by atoms with Crippen LogP contribution in [0, 0.1) is 0 Å². The number of anilines is 1. The van der Waals surface area contributed by atoms with Crippen LogP contribution in [0.15, 0.2) is 67.9 Å². The van der Waals surface area contributed by atoms with E-state index in [1.54, 1.807) is 31.1 Å². The van der Waals surface area contributed by atoms with E-state index in [9.17, 15) is 0 Å². The lowest BCUT2D eigenvalue weighted by Gasteiger charge is -2.11. The number of hydrogen-bond donors (Lipinski definition) is 1. The maximum absolute atomic E-state index is 4.74. The summed E-state index contributed by atoms with van der Waals surface area (Å²) in [4.78, 5) is 30.9. The maximum Gasteiger partial charge on any atom is 0.167 e. The monoisotopic (exact) mass is 423 g/mol. The van der Waals surface area contributed by atoms with E-state index < -0.39 is 0 Å². The lowest BCUT2D eigenvalue weighted by Crippen LogP contribution is -2.06.